The Labute approximate surface area is 99.2 Å². The van der Waals surface area contributed by atoms with Crippen LogP contribution < -0.4 is 15.2 Å². The average Bonchev–Trinajstić information content (AvgIpc) is 2.94. The maximum Gasteiger partial charge on any atom is 0.299 e. The summed E-state index contributed by atoms with van der Waals surface area (Å²) in [5.41, 5.74) is 6.26. The van der Waals surface area contributed by atoms with Crippen molar-refractivity contribution in [1.29, 1.82) is 0 Å². The van der Waals surface area contributed by atoms with Gasteiger partial charge < -0.3 is 5.73 Å². The molecule has 0 saturated heterocycles. The molecule has 0 bridgehead atoms. The summed E-state index contributed by atoms with van der Waals surface area (Å²) in [6, 6.07) is 4.68. The summed E-state index contributed by atoms with van der Waals surface area (Å²) in [6.07, 6.45) is 1.76. The summed E-state index contributed by atoms with van der Waals surface area (Å²) in [4.78, 5) is 0. The van der Waals surface area contributed by atoms with Crippen molar-refractivity contribution in [2.24, 2.45) is 0 Å². The molecule has 0 heterocycles. The molecule has 7 heteroatoms. The molecule has 0 spiro atoms. The molecule has 1 fully saturated rings. The molecule has 0 amide bonds. The molecule has 4 N–H and O–H groups in total. The van der Waals surface area contributed by atoms with E-state index in [0.29, 0.717) is 16.4 Å². The lowest BCUT2D eigenvalue weighted by Gasteiger charge is -2.10. The molecular formula is C9H12ClN3O2S. The summed E-state index contributed by atoms with van der Waals surface area (Å²) in [5.74, 6) is 0. The van der Waals surface area contributed by atoms with Crippen LogP contribution in [-0.2, 0) is 10.2 Å². The smallest absolute Gasteiger partial charge is 0.299 e. The van der Waals surface area contributed by atoms with Crippen molar-refractivity contribution in [3.8, 4) is 0 Å². The van der Waals surface area contributed by atoms with Crippen molar-refractivity contribution in [2.45, 2.75) is 18.9 Å². The monoisotopic (exact) mass is 261 g/mol. The van der Waals surface area contributed by atoms with E-state index in [1.165, 1.54) is 6.07 Å². The zero-order chi connectivity index (χ0) is 11.8. The van der Waals surface area contributed by atoms with Crippen LogP contribution in [0.2, 0.25) is 5.02 Å². The van der Waals surface area contributed by atoms with Crippen LogP contribution in [0.3, 0.4) is 0 Å². The molecule has 1 saturated carbocycles. The van der Waals surface area contributed by atoms with Gasteiger partial charge in [0.05, 0.1) is 11.4 Å². The fourth-order valence-corrected chi connectivity index (χ4v) is 2.58. The molecule has 88 valence electrons. The molecule has 1 aromatic carbocycles. The SMILES string of the molecule is Nc1ccc(Cl)cc1NS(=O)(=O)NC1CC1. The molecule has 5 nitrogen and oxygen atoms in total. The second-order valence-corrected chi connectivity index (χ2v) is 5.61. The van der Waals surface area contributed by atoms with Gasteiger partial charge in [-0.3, -0.25) is 4.72 Å². The van der Waals surface area contributed by atoms with Crippen molar-refractivity contribution in [2.75, 3.05) is 10.5 Å². The highest BCUT2D eigenvalue weighted by Crippen LogP contribution is 2.25. The Morgan fingerprint density at radius 1 is 1.38 bits per heavy atom. The molecule has 1 aliphatic carbocycles. The van der Waals surface area contributed by atoms with Gasteiger partial charge in [-0.1, -0.05) is 11.6 Å². The van der Waals surface area contributed by atoms with Crippen LogP contribution in [0.15, 0.2) is 18.2 Å². The second kappa shape index (κ2) is 4.12. The van der Waals surface area contributed by atoms with E-state index >= 15 is 0 Å². The standard InChI is InChI=1S/C9H12ClN3O2S/c10-6-1-4-8(11)9(5-6)13-16(14,15)12-7-2-3-7/h1,4-5,7,12-13H,2-3,11H2. The summed E-state index contributed by atoms with van der Waals surface area (Å²) >= 11 is 5.75. The van der Waals surface area contributed by atoms with Crippen LogP contribution >= 0.6 is 11.6 Å². The Kier molecular flexibility index (Phi) is 2.96. The fourth-order valence-electron chi connectivity index (χ4n) is 1.21. The van der Waals surface area contributed by atoms with Gasteiger partial charge in [0.2, 0.25) is 0 Å². The van der Waals surface area contributed by atoms with Crippen molar-refractivity contribution >= 4 is 33.2 Å². The second-order valence-electron chi connectivity index (χ2n) is 3.73. The molecule has 0 aromatic heterocycles. The quantitative estimate of drug-likeness (QED) is 0.715. The van der Waals surface area contributed by atoms with Gasteiger partial charge >= 0.3 is 0 Å². The number of anilines is 2. The molecule has 0 aliphatic heterocycles. The summed E-state index contributed by atoms with van der Waals surface area (Å²) < 4.78 is 28.0. The average molecular weight is 262 g/mol. The maximum absolute atomic E-state index is 11.6. The predicted molar refractivity (Wildman–Crippen MR) is 64.6 cm³/mol. The van der Waals surface area contributed by atoms with Gasteiger partial charge in [-0.15, -0.1) is 0 Å². The summed E-state index contributed by atoms with van der Waals surface area (Å²) in [5, 5.41) is 0.429. The third-order valence-corrected chi connectivity index (χ3v) is 3.53. The summed E-state index contributed by atoms with van der Waals surface area (Å²) in [7, 11) is -3.55. The van der Waals surface area contributed by atoms with Crippen LogP contribution in [-0.4, -0.2) is 14.5 Å². The van der Waals surface area contributed by atoms with Crippen molar-refractivity contribution < 1.29 is 8.42 Å². The number of nitrogens with two attached hydrogens (primary N) is 1. The molecule has 0 radical (unpaired) electrons. The zero-order valence-electron chi connectivity index (χ0n) is 8.40. The number of halogens is 1. The first kappa shape index (κ1) is 11.5. The highest BCUT2D eigenvalue weighted by Gasteiger charge is 2.27. The minimum absolute atomic E-state index is 0.0536. The van der Waals surface area contributed by atoms with Crippen molar-refractivity contribution in [3.05, 3.63) is 23.2 Å². The van der Waals surface area contributed by atoms with Crippen LogP contribution in [0, 0.1) is 0 Å². The molecule has 16 heavy (non-hydrogen) atoms. The fraction of sp³-hybridized carbons (Fsp3) is 0.333. The first-order valence-corrected chi connectivity index (χ1v) is 6.67. The molecule has 1 aromatic rings. The molecular weight excluding hydrogens is 250 g/mol. The number of nitrogen functional groups attached to an aromatic ring is 1. The third-order valence-electron chi connectivity index (χ3n) is 2.16. The van der Waals surface area contributed by atoms with E-state index in [1.54, 1.807) is 12.1 Å². The van der Waals surface area contributed by atoms with Gasteiger partial charge in [0.1, 0.15) is 0 Å². The first-order valence-electron chi connectivity index (χ1n) is 4.81. The third kappa shape index (κ3) is 3.01. The Hall–Kier alpha value is -0.980. The lowest BCUT2D eigenvalue weighted by Crippen LogP contribution is -2.32. The Morgan fingerprint density at radius 3 is 2.69 bits per heavy atom. The van der Waals surface area contributed by atoms with Gasteiger partial charge in [-0.25, -0.2) is 0 Å². The molecule has 0 unspecified atom stereocenters. The van der Waals surface area contributed by atoms with E-state index in [2.05, 4.69) is 9.44 Å². The predicted octanol–water partition coefficient (Wildman–Crippen LogP) is 1.33. The topological polar surface area (TPSA) is 84.2 Å². The molecule has 0 atom stereocenters. The maximum atomic E-state index is 11.6. The number of hydrogen-bond acceptors (Lipinski definition) is 3. The number of nitrogens with one attached hydrogen (secondary N) is 2. The van der Waals surface area contributed by atoms with E-state index in [1.807, 2.05) is 0 Å². The lowest BCUT2D eigenvalue weighted by atomic mass is 10.3. The van der Waals surface area contributed by atoms with Gasteiger partial charge in [0.15, 0.2) is 0 Å². The van der Waals surface area contributed by atoms with Gasteiger partial charge in [-0.2, -0.15) is 13.1 Å². The molecule has 2 rings (SSSR count). The largest absolute Gasteiger partial charge is 0.397 e. The van der Waals surface area contributed by atoms with Gasteiger partial charge in [-0.05, 0) is 31.0 Å². The first-order chi connectivity index (χ1) is 7.46. The molecule has 1 aliphatic rings. The normalized spacial score (nSPS) is 16.1. The highest BCUT2D eigenvalue weighted by molar-refractivity contribution is 7.90. The van der Waals surface area contributed by atoms with Crippen molar-refractivity contribution in [1.82, 2.24) is 4.72 Å². The number of rotatable bonds is 4. The number of benzene rings is 1. The van der Waals surface area contributed by atoms with E-state index in [0.717, 1.165) is 12.8 Å². The van der Waals surface area contributed by atoms with Gasteiger partial charge in [0, 0.05) is 11.1 Å². The van der Waals surface area contributed by atoms with Crippen LogP contribution in [0.1, 0.15) is 12.8 Å². The van der Waals surface area contributed by atoms with E-state index in [-0.39, 0.29) is 6.04 Å². The van der Waals surface area contributed by atoms with E-state index in [4.69, 9.17) is 17.3 Å². The zero-order valence-corrected chi connectivity index (χ0v) is 9.98. The highest BCUT2D eigenvalue weighted by atomic mass is 35.5. The van der Waals surface area contributed by atoms with Crippen LogP contribution in [0.5, 0.6) is 0 Å². The van der Waals surface area contributed by atoms with E-state index < -0.39 is 10.2 Å². The minimum atomic E-state index is -3.55. The van der Waals surface area contributed by atoms with Crippen LogP contribution in [0.25, 0.3) is 0 Å². The Bertz CT molecular complexity index is 499. The number of hydrogen-bond donors (Lipinski definition) is 3. The van der Waals surface area contributed by atoms with Gasteiger partial charge in [0.25, 0.3) is 10.2 Å². The van der Waals surface area contributed by atoms with Crippen molar-refractivity contribution in [3.63, 3.8) is 0 Å². The summed E-state index contributed by atoms with van der Waals surface area (Å²) in [6.45, 7) is 0. The lowest BCUT2D eigenvalue weighted by molar-refractivity contribution is 0.586. The van der Waals surface area contributed by atoms with E-state index in [9.17, 15) is 8.42 Å². The van der Waals surface area contributed by atoms with Crippen LogP contribution in [0.4, 0.5) is 11.4 Å². The Balaban J connectivity index is 2.15. The minimum Gasteiger partial charge on any atom is -0.397 e. The Morgan fingerprint density at radius 2 is 2.06 bits per heavy atom.